The SMILES string of the molecule is Cc1ccc(-c2csc(NC(=O)CSCc3c(C)noc3C)n2)cc1[N+](=O)[O-]. The van der Waals surface area contributed by atoms with E-state index in [0.717, 1.165) is 17.0 Å². The summed E-state index contributed by atoms with van der Waals surface area (Å²) in [4.78, 5) is 27.2. The van der Waals surface area contributed by atoms with Crippen molar-refractivity contribution >= 4 is 39.8 Å². The van der Waals surface area contributed by atoms with Gasteiger partial charge >= 0.3 is 0 Å². The first-order valence-electron chi connectivity index (χ1n) is 8.35. The minimum absolute atomic E-state index is 0.0480. The molecule has 1 aromatic carbocycles. The van der Waals surface area contributed by atoms with Crippen molar-refractivity contribution in [2.45, 2.75) is 26.5 Å². The molecule has 0 aliphatic heterocycles. The van der Waals surface area contributed by atoms with Crippen LogP contribution in [0.15, 0.2) is 28.1 Å². The van der Waals surface area contributed by atoms with Crippen LogP contribution in [-0.2, 0) is 10.5 Å². The van der Waals surface area contributed by atoms with Crippen LogP contribution >= 0.6 is 23.1 Å². The number of anilines is 1. The van der Waals surface area contributed by atoms with Crippen molar-refractivity contribution in [3.8, 4) is 11.3 Å². The number of aryl methyl sites for hydroxylation is 3. The third-order valence-corrected chi connectivity index (χ3v) is 5.83. The summed E-state index contributed by atoms with van der Waals surface area (Å²) in [5, 5.41) is 20.0. The maximum atomic E-state index is 12.2. The number of carbonyl (C=O) groups is 1. The standard InChI is InChI=1S/C18H18N4O4S2/c1-10-4-5-13(6-16(10)22(24)25)15-8-28-18(19-15)20-17(23)9-27-7-14-11(2)21-26-12(14)3/h4-6,8H,7,9H2,1-3H3,(H,19,20,23). The highest BCUT2D eigenvalue weighted by Crippen LogP contribution is 2.29. The fourth-order valence-electron chi connectivity index (χ4n) is 2.54. The molecule has 0 saturated carbocycles. The molecule has 3 rings (SSSR count). The summed E-state index contributed by atoms with van der Waals surface area (Å²) in [7, 11) is 0. The van der Waals surface area contributed by atoms with Gasteiger partial charge in [0, 0.05) is 33.9 Å². The smallest absolute Gasteiger partial charge is 0.272 e. The number of carbonyl (C=O) groups excluding carboxylic acids is 1. The van der Waals surface area contributed by atoms with Crippen LogP contribution < -0.4 is 5.32 Å². The minimum atomic E-state index is -0.413. The molecule has 3 aromatic rings. The Bertz CT molecular complexity index is 1010. The van der Waals surface area contributed by atoms with E-state index in [-0.39, 0.29) is 17.3 Å². The third kappa shape index (κ3) is 4.57. The maximum absolute atomic E-state index is 12.2. The summed E-state index contributed by atoms with van der Waals surface area (Å²) in [6.07, 6.45) is 0. The van der Waals surface area contributed by atoms with Gasteiger partial charge in [-0.1, -0.05) is 17.3 Å². The van der Waals surface area contributed by atoms with Gasteiger partial charge in [-0.15, -0.1) is 23.1 Å². The van der Waals surface area contributed by atoms with E-state index >= 15 is 0 Å². The van der Waals surface area contributed by atoms with Gasteiger partial charge in [0.1, 0.15) is 5.76 Å². The number of nitrogens with zero attached hydrogens (tertiary/aromatic N) is 3. The summed E-state index contributed by atoms with van der Waals surface area (Å²) in [5.41, 5.74) is 3.71. The number of hydrogen-bond acceptors (Lipinski definition) is 8. The first-order chi connectivity index (χ1) is 13.3. The van der Waals surface area contributed by atoms with E-state index in [0.29, 0.717) is 27.7 Å². The number of aromatic nitrogens is 2. The Morgan fingerprint density at radius 2 is 2.14 bits per heavy atom. The van der Waals surface area contributed by atoms with Gasteiger partial charge in [-0.25, -0.2) is 4.98 Å². The first kappa shape index (κ1) is 20.0. The molecule has 8 nitrogen and oxygen atoms in total. The largest absolute Gasteiger partial charge is 0.361 e. The molecule has 2 heterocycles. The molecule has 0 atom stereocenters. The van der Waals surface area contributed by atoms with Crippen LogP contribution in [0.4, 0.5) is 10.8 Å². The Morgan fingerprint density at radius 1 is 1.36 bits per heavy atom. The number of nitro benzene ring substituents is 1. The molecule has 0 unspecified atom stereocenters. The van der Waals surface area contributed by atoms with Crippen LogP contribution in [0.25, 0.3) is 11.3 Å². The number of nitro groups is 1. The summed E-state index contributed by atoms with van der Waals surface area (Å²) >= 11 is 2.75. The molecule has 1 N–H and O–H groups in total. The van der Waals surface area contributed by atoms with E-state index in [9.17, 15) is 14.9 Å². The number of thioether (sulfide) groups is 1. The van der Waals surface area contributed by atoms with Crippen LogP contribution in [0.1, 0.15) is 22.6 Å². The molecule has 0 fully saturated rings. The Labute approximate surface area is 169 Å². The van der Waals surface area contributed by atoms with E-state index in [1.165, 1.54) is 29.2 Å². The van der Waals surface area contributed by atoms with Gasteiger partial charge in [-0.3, -0.25) is 14.9 Å². The van der Waals surface area contributed by atoms with Crippen molar-refractivity contribution in [3.05, 3.63) is 56.3 Å². The second-order valence-corrected chi connectivity index (χ2v) is 7.98. The van der Waals surface area contributed by atoms with Crippen molar-refractivity contribution in [2.75, 3.05) is 11.1 Å². The van der Waals surface area contributed by atoms with Crippen LogP contribution in [0.5, 0.6) is 0 Å². The zero-order valence-electron chi connectivity index (χ0n) is 15.5. The average Bonchev–Trinajstić information content (AvgIpc) is 3.23. The summed E-state index contributed by atoms with van der Waals surface area (Å²) in [5.74, 6) is 1.52. The lowest BCUT2D eigenvalue weighted by molar-refractivity contribution is -0.385. The molecule has 1 amide bonds. The van der Waals surface area contributed by atoms with Crippen LogP contribution in [0.3, 0.4) is 0 Å². The number of nitrogens with one attached hydrogen (secondary N) is 1. The van der Waals surface area contributed by atoms with Crippen molar-refractivity contribution < 1.29 is 14.2 Å². The summed E-state index contributed by atoms with van der Waals surface area (Å²) in [6.45, 7) is 5.41. The quantitative estimate of drug-likeness (QED) is 0.444. The number of thiazole rings is 1. The molecule has 0 aliphatic rings. The third-order valence-electron chi connectivity index (χ3n) is 4.11. The summed E-state index contributed by atoms with van der Waals surface area (Å²) in [6, 6.07) is 4.97. The molecule has 10 heteroatoms. The van der Waals surface area contributed by atoms with E-state index in [4.69, 9.17) is 4.52 Å². The van der Waals surface area contributed by atoms with Gasteiger partial charge in [-0.2, -0.15) is 0 Å². The highest BCUT2D eigenvalue weighted by Gasteiger charge is 2.15. The van der Waals surface area contributed by atoms with Gasteiger partial charge in [0.25, 0.3) is 5.69 Å². The van der Waals surface area contributed by atoms with Crippen LogP contribution in [0, 0.1) is 30.9 Å². The van der Waals surface area contributed by atoms with Gasteiger partial charge in [0.15, 0.2) is 5.13 Å². The zero-order chi connectivity index (χ0) is 20.3. The molecule has 2 aromatic heterocycles. The summed E-state index contributed by atoms with van der Waals surface area (Å²) < 4.78 is 5.11. The lowest BCUT2D eigenvalue weighted by Crippen LogP contribution is -2.14. The molecular weight excluding hydrogens is 400 g/mol. The monoisotopic (exact) mass is 418 g/mol. The Kier molecular flexibility index (Phi) is 6.10. The van der Waals surface area contributed by atoms with Gasteiger partial charge in [-0.05, 0) is 20.8 Å². The number of rotatable bonds is 7. The highest BCUT2D eigenvalue weighted by atomic mass is 32.2. The average molecular weight is 419 g/mol. The second kappa shape index (κ2) is 8.53. The predicted octanol–water partition coefficient (Wildman–Crippen LogP) is 4.50. The topological polar surface area (TPSA) is 111 Å². The molecule has 0 spiro atoms. The van der Waals surface area contributed by atoms with E-state index in [1.807, 2.05) is 13.8 Å². The van der Waals surface area contributed by atoms with Gasteiger partial charge in [0.05, 0.1) is 22.1 Å². The van der Waals surface area contributed by atoms with E-state index in [1.54, 1.807) is 24.4 Å². The van der Waals surface area contributed by atoms with Crippen molar-refractivity contribution in [1.82, 2.24) is 10.1 Å². The molecule has 0 saturated heterocycles. The Morgan fingerprint density at radius 3 is 2.82 bits per heavy atom. The molecule has 146 valence electrons. The fraction of sp³-hybridized carbons (Fsp3) is 0.278. The lowest BCUT2D eigenvalue weighted by Gasteiger charge is -2.02. The van der Waals surface area contributed by atoms with Crippen molar-refractivity contribution in [2.24, 2.45) is 0 Å². The molecular formula is C18H18N4O4S2. The predicted molar refractivity (Wildman–Crippen MR) is 110 cm³/mol. The van der Waals surface area contributed by atoms with E-state index < -0.39 is 4.92 Å². The Hall–Kier alpha value is -2.72. The Balaban J connectivity index is 1.59. The fourth-order valence-corrected chi connectivity index (χ4v) is 4.25. The first-order valence-corrected chi connectivity index (χ1v) is 10.4. The lowest BCUT2D eigenvalue weighted by atomic mass is 10.1. The van der Waals surface area contributed by atoms with Gasteiger partial charge < -0.3 is 9.84 Å². The molecule has 0 radical (unpaired) electrons. The van der Waals surface area contributed by atoms with Crippen LogP contribution in [-0.4, -0.2) is 26.7 Å². The minimum Gasteiger partial charge on any atom is -0.361 e. The zero-order valence-corrected chi connectivity index (χ0v) is 17.1. The number of hydrogen-bond donors (Lipinski definition) is 1. The molecule has 28 heavy (non-hydrogen) atoms. The normalized spacial score (nSPS) is 10.8. The second-order valence-electron chi connectivity index (χ2n) is 6.14. The molecule has 0 bridgehead atoms. The van der Waals surface area contributed by atoms with Crippen LogP contribution in [0.2, 0.25) is 0 Å². The van der Waals surface area contributed by atoms with Crippen molar-refractivity contribution in [3.63, 3.8) is 0 Å². The number of amides is 1. The highest BCUT2D eigenvalue weighted by molar-refractivity contribution is 7.99. The molecule has 0 aliphatic carbocycles. The number of benzene rings is 1. The maximum Gasteiger partial charge on any atom is 0.272 e. The van der Waals surface area contributed by atoms with E-state index in [2.05, 4.69) is 15.5 Å². The van der Waals surface area contributed by atoms with Gasteiger partial charge in [0.2, 0.25) is 5.91 Å². The van der Waals surface area contributed by atoms with Crippen molar-refractivity contribution in [1.29, 1.82) is 0 Å².